The van der Waals surface area contributed by atoms with Gasteiger partial charge in [0.25, 0.3) is 0 Å². The SMILES string of the molecule is NC1(c2nc([C@@]3(c4ccc(F)cc4)CCOC3)no2)CCCC1. The van der Waals surface area contributed by atoms with Gasteiger partial charge < -0.3 is 15.0 Å². The van der Waals surface area contributed by atoms with E-state index in [9.17, 15) is 4.39 Å². The largest absolute Gasteiger partial charge is 0.380 e. The van der Waals surface area contributed by atoms with Gasteiger partial charge in [-0.15, -0.1) is 0 Å². The molecule has 6 heteroatoms. The zero-order valence-corrected chi connectivity index (χ0v) is 12.9. The Hall–Kier alpha value is -1.79. The number of nitrogens with two attached hydrogens (primary N) is 1. The summed E-state index contributed by atoms with van der Waals surface area (Å²) in [6.07, 6.45) is 4.65. The summed E-state index contributed by atoms with van der Waals surface area (Å²) in [5.41, 5.74) is 6.38. The maximum absolute atomic E-state index is 13.3. The molecule has 0 spiro atoms. The summed E-state index contributed by atoms with van der Waals surface area (Å²) >= 11 is 0. The van der Waals surface area contributed by atoms with Gasteiger partial charge in [0, 0.05) is 6.61 Å². The van der Waals surface area contributed by atoms with Crippen LogP contribution < -0.4 is 5.73 Å². The van der Waals surface area contributed by atoms with E-state index in [0.29, 0.717) is 24.9 Å². The Bertz CT molecular complexity index is 686. The molecule has 1 saturated carbocycles. The second kappa shape index (κ2) is 5.39. The van der Waals surface area contributed by atoms with Crippen molar-refractivity contribution in [3.05, 3.63) is 47.4 Å². The summed E-state index contributed by atoms with van der Waals surface area (Å²) < 4.78 is 24.4. The van der Waals surface area contributed by atoms with E-state index in [4.69, 9.17) is 15.0 Å². The van der Waals surface area contributed by atoms with Crippen LogP contribution in [-0.4, -0.2) is 23.4 Å². The van der Waals surface area contributed by atoms with Crippen LogP contribution in [0.1, 0.15) is 49.4 Å². The van der Waals surface area contributed by atoms with Crippen LogP contribution in [0, 0.1) is 5.82 Å². The minimum Gasteiger partial charge on any atom is -0.380 e. The molecule has 4 rings (SSSR count). The first-order valence-electron chi connectivity index (χ1n) is 8.10. The van der Waals surface area contributed by atoms with Crippen molar-refractivity contribution >= 4 is 0 Å². The molecular weight excluding hydrogens is 297 g/mol. The van der Waals surface area contributed by atoms with E-state index in [1.807, 2.05) is 0 Å². The third-order valence-corrected chi connectivity index (χ3v) is 5.19. The second-order valence-electron chi connectivity index (χ2n) is 6.68. The van der Waals surface area contributed by atoms with Gasteiger partial charge >= 0.3 is 0 Å². The first kappa shape index (κ1) is 14.8. The van der Waals surface area contributed by atoms with Gasteiger partial charge in [0.1, 0.15) is 5.82 Å². The van der Waals surface area contributed by atoms with Crippen LogP contribution in [0.4, 0.5) is 4.39 Å². The number of benzene rings is 1. The molecule has 1 aliphatic carbocycles. The summed E-state index contributed by atoms with van der Waals surface area (Å²) in [6, 6.07) is 6.46. The van der Waals surface area contributed by atoms with Gasteiger partial charge in [0.05, 0.1) is 17.6 Å². The molecule has 2 aromatic rings. The lowest BCUT2D eigenvalue weighted by Crippen LogP contribution is -2.34. The van der Waals surface area contributed by atoms with Crippen LogP contribution in [0.15, 0.2) is 28.8 Å². The predicted octanol–water partition coefficient (Wildman–Crippen LogP) is 2.64. The van der Waals surface area contributed by atoms with E-state index >= 15 is 0 Å². The number of rotatable bonds is 3. The van der Waals surface area contributed by atoms with Gasteiger partial charge in [-0.2, -0.15) is 4.98 Å². The van der Waals surface area contributed by atoms with Gasteiger partial charge in [0.15, 0.2) is 5.82 Å². The Labute approximate surface area is 134 Å². The number of hydrogen-bond donors (Lipinski definition) is 1. The summed E-state index contributed by atoms with van der Waals surface area (Å²) in [7, 11) is 0. The molecular formula is C17H20FN3O2. The van der Waals surface area contributed by atoms with E-state index in [-0.39, 0.29) is 5.82 Å². The molecule has 2 aliphatic rings. The summed E-state index contributed by atoms with van der Waals surface area (Å²) in [5, 5.41) is 4.22. The van der Waals surface area contributed by atoms with E-state index in [1.54, 1.807) is 12.1 Å². The molecule has 1 aromatic heterocycles. The molecule has 1 atom stereocenters. The molecule has 1 aromatic carbocycles. The third kappa shape index (κ3) is 2.37. The van der Waals surface area contributed by atoms with Gasteiger partial charge in [-0.25, -0.2) is 4.39 Å². The minimum absolute atomic E-state index is 0.261. The van der Waals surface area contributed by atoms with Crippen molar-refractivity contribution in [1.29, 1.82) is 0 Å². The topological polar surface area (TPSA) is 74.2 Å². The normalized spacial score (nSPS) is 26.7. The van der Waals surface area contributed by atoms with Crippen LogP contribution >= 0.6 is 0 Å². The Morgan fingerprint density at radius 2 is 1.83 bits per heavy atom. The van der Waals surface area contributed by atoms with Crippen molar-refractivity contribution in [3.63, 3.8) is 0 Å². The lowest BCUT2D eigenvalue weighted by atomic mass is 9.79. The number of halogens is 1. The van der Waals surface area contributed by atoms with Crippen molar-refractivity contribution in [3.8, 4) is 0 Å². The molecule has 1 aliphatic heterocycles. The molecule has 0 amide bonds. The highest BCUT2D eigenvalue weighted by atomic mass is 19.1. The first-order chi connectivity index (χ1) is 11.1. The van der Waals surface area contributed by atoms with Crippen LogP contribution in [0.3, 0.4) is 0 Å². The lowest BCUT2D eigenvalue weighted by molar-refractivity contribution is 0.182. The number of aromatic nitrogens is 2. The molecule has 5 nitrogen and oxygen atoms in total. The first-order valence-corrected chi connectivity index (χ1v) is 8.10. The standard InChI is InChI=1S/C17H20FN3O2/c18-13-5-3-12(4-6-13)16(9-10-22-11-16)14-20-15(23-21-14)17(19)7-1-2-8-17/h3-6H,1-2,7-11,19H2/t16-/m0/s1. The van der Waals surface area contributed by atoms with E-state index in [2.05, 4.69) is 10.1 Å². The fraction of sp³-hybridized carbons (Fsp3) is 0.529. The van der Waals surface area contributed by atoms with E-state index < -0.39 is 11.0 Å². The molecule has 23 heavy (non-hydrogen) atoms. The smallest absolute Gasteiger partial charge is 0.246 e. The fourth-order valence-electron chi connectivity index (χ4n) is 3.71. The third-order valence-electron chi connectivity index (χ3n) is 5.19. The molecule has 122 valence electrons. The van der Waals surface area contributed by atoms with Crippen molar-refractivity contribution in [2.24, 2.45) is 5.73 Å². The Morgan fingerprint density at radius 3 is 2.48 bits per heavy atom. The molecule has 2 heterocycles. The highest BCUT2D eigenvalue weighted by Crippen LogP contribution is 2.41. The maximum atomic E-state index is 13.3. The highest BCUT2D eigenvalue weighted by molar-refractivity contribution is 5.34. The highest BCUT2D eigenvalue weighted by Gasteiger charge is 2.45. The zero-order valence-electron chi connectivity index (χ0n) is 12.9. The molecule has 2 N–H and O–H groups in total. The maximum Gasteiger partial charge on any atom is 0.246 e. The van der Waals surface area contributed by atoms with Crippen molar-refractivity contribution in [2.75, 3.05) is 13.2 Å². The number of nitrogens with zero attached hydrogens (tertiary/aromatic N) is 2. The molecule has 0 radical (unpaired) electrons. The lowest BCUT2D eigenvalue weighted by Gasteiger charge is -2.24. The Morgan fingerprint density at radius 1 is 1.09 bits per heavy atom. The quantitative estimate of drug-likeness (QED) is 0.942. The Balaban J connectivity index is 1.74. The average molecular weight is 317 g/mol. The van der Waals surface area contributed by atoms with E-state index in [0.717, 1.165) is 37.7 Å². The van der Waals surface area contributed by atoms with E-state index in [1.165, 1.54) is 12.1 Å². The number of hydrogen-bond acceptors (Lipinski definition) is 5. The summed E-state index contributed by atoms with van der Waals surface area (Å²) in [4.78, 5) is 4.64. The molecule has 2 fully saturated rings. The molecule has 0 unspecified atom stereocenters. The molecule has 0 bridgehead atoms. The van der Waals surface area contributed by atoms with Crippen LogP contribution in [-0.2, 0) is 15.7 Å². The van der Waals surface area contributed by atoms with Crippen LogP contribution in [0.2, 0.25) is 0 Å². The van der Waals surface area contributed by atoms with Gasteiger partial charge in [-0.3, -0.25) is 0 Å². The molecule has 1 saturated heterocycles. The summed E-state index contributed by atoms with van der Waals surface area (Å²) in [5.74, 6) is 0.843. The van der Waals surface area contributed by atoms with Gasteiger partial charge in [-0.05, 0) is 37.0 Å². The van der Waals surface area contributed by atoms with Crippen LogP contribution in [0.25, 0.3) is 0 Å². The van der Waals surface area contributed by atoms with Crippen LogP contribution in [0.5, 0.6) is 0 Å². The fourth-order valence-corrected chi connectivity index (χ4v) is 3.71. The predicted molar refractivity (Wildman–Crippen MR) is 81.2 cm³/mol. The van der Waals surface area contributed by atoms with Crippen molar-refractivity contribution in [2.45, 2.75) is 43.1 Å². The summed E-state index contributed by atoms with van der Waals surface area (Å²) in [6.45, 7) is 1.09. The monoisotopic (exact) mass is 317 g/mol. The van der Waals surface area contributed by atoms with Crippen molar-refractivity contribution in [1.82, 2.24) is 10.1 Å². The van der Waals surface area contributed by atoms with Gasteiger partial charge in [0.2, 0.25) is 5.89 Å². The minimum atomic E-state index is -0.505. The zero-order chi connectivity index (χ0) is 15.9. The van der Waals surface area contributed by atoms with Gasteiger partial charge in [-0.1, -0.05) is 30.1 Å². The van der Waals surface area contributed by atoms with Crippen molar-refractivity contribution < 1.29 is 13.7 Å². The second-order valence-corrected chi connectivity index (χ2v) is 6.68. The average Bonchev–Trinajstić information content (AvgIpc) is 3.28. The number of ether oxygens (including phenoxy) is 1. The Kier molecular flexibility index (Phi) is 3.46.